The number of rotatable bonds is 2. The molecule has 0 spiro atoms. The van der Waals surface area contributed by atoms with Crippen molar-refractivity contribution in [3.8, 4) is 5.75 Å². The van der Waals surface area contributed by atoms with Crippen LogP contribution in [0.1, 0.15) is 23.6 Å². The molecule has 1 unspecified atom stereocenters. The van der Waals surface area contributed by atoms with Crippen LogP contribution in [-0.2, 0) is 11.2 Å². The van der Waals surface area contributed by atoms with E-state index in [0.717, 1.165) is 36.3 Å². The number of amides is 1. The normalized spacial score (nSPS) is 15.7. The molecule has 0 aromatic heterocycles. The average Bonchev–Trinajstić information content (AvgIpc) is 2.36. The van der Waals surface area contributed by atoms with E-state index in [0.29, 0.717) is 0 Å². The summed E-state index contributed by atoms with van der Waals surface area (Å²) in [5, 5.41) is 0. The maximum atomic E-state index is 11.8. The Balaban J connectivity index is 2.24. The summed E-state index contributed by atoms with van der Waals surface area (Å²) in [5.41, 5.74) is 7.94. The van der Waals surface area contributed by atoms with Crippen LogP contribution in [0.15, 0.2) is 18.2 Å². The van der Waals surface area contributed by atoms with E-state index in [1.807, 2.05) is 18.2 Å². The van der Waals surface area contributed by atoms with Crippen molar-refractivity contribution in [2.75, 3.05) is 20.7 Å². The summed E-state index contributed by atoms with van der Waals surface area (Å²) < 4.78 is 5.53. The molecule has 0 saturated heterocycles. The molecule has 0 saturated carbocycles. The van der Waals surface area contributed by atoms with Gasteiger partial charge in [-0.25, -0.2) is 0 Å². The van der Waals surface area contributed by atoms with Gasteiger partial charge in [-0.2, -0.15) is 0 Å². The number of carbonyl (C=O) groups is 1. The molecule has 92 valence electrons. The average molecular weight is 234 g/mol. The lowest BCUT2D eigenvalue weighted by atomic mass is 9.99. The van der Waals surface area contributed by atoms with Gasteiger partial charge < -0.3 is 15.4 Å². The first-order valence-electron chi connectivity index (χ1n) is 5.82. The molecule has 1 aromatic rings. The Labute approximate surface area is 101 Å². The van der Waals surface area contributed by atoms with E-state index < -0.39 is 6.04 Å². The predicted molar refractivity (Wildman–Crippen MR) is 65.9 cm³/mol. The number of nitrogens with two attached hydrogens (primary N) is 1. The van der Waals surface area contributed by atoms with Gasteiger partial charge in [-0.3, -0.25) is 4.79 Å². The van der Waals surface area contributed by atoms with Crippen LogP contribution >= 0.6 is 0 Å². The smallest absolute Gasteiger partial charge is 0.243 e. The number of hydrogen-bond donors (Lipinski definition) is 1. The van der Waals surface area contributed by atoms with Crippen LogP contribution in [0.4, 0.5) is 0 Å². The number of carbonyl (C=O) groups excluding carboxylic acids is 1. The van der Waals surface area contributed by atoms with E-state index in [9.17, 15) is 4.79 Å². The largest absolute Gasteiger partial charge is 0.493 e. The lowest BCUT2D eigenvalue weighted by Crippen LogP contribution is -2.33. The second-order valence-corrected chi connectivity index (χ2v) is 4.53. The van der Waals surface area contributed by atoms with Gasteiger partial charge in [0.05, 0.1) is 6.61 Å². The summed E-state index contributed by atoms with van der Waals surface area (Å²) in [7, 11) is 3.42. The van der Waals surface area contributed by atoms with E-state index in [1.165, 1.54) is 4.90 Å². The Morgan fingerprint density at radius 2 is 2.24 bits per heavy atom. The maximum absolute atomic E-state index is 11.8. The van der Waals surface area contributed by atoms with Crippen molar-refractivity contribution in [2.24, 2.45) is 5.73 Å². The lowest BCUT2D eigenvalue weighted by molar-refractivity contribution is -0.130. The predicted octanol–water partition coefficient (Wildman–Crippen LogP) is 1.10. The molecule has 0 radical (unpaired) electrons. The molecule has 0 bridgehead atoms. The Hall–Kier alpha value is -1.55. The number of aryl methyl sites for hydroxylation is 1. The molecule has 17 heavy (non-hydrogen) atoms. The summed E-state index contributed by atoms with van der Waals surface area (Å²) in [6.07, 6.45) is 2.01. The van der Waals surface area contributed by atoms with Gasteiger partial charge in [0.1, 0.15) is 11.8 Å². The molecule has 1 aliphatic rings. The number of likely N-dealkylation sites (N-methyl/N-ethyl adjacent to an activating group) is 1. The highest BCUT2D eigenvalue weighted by atomic mass is 16.5. The Morgan fingerprint density at radius 3 is 2.94 bits per heavy atom. The van der Waals surface area contributed by atoms with Crippen molar-refractivity contribution < 1.29 is 9.53 Å². The number of hydrogen-bond acceptors (Lipinski definition) is 3. The molecule has 1 aliphatic heterocycles. The van der Waals surface area contributed by atoms with Crippen molar-refractivity contribution in [3.63, 3.8) is 0 Å². The number of ether oxygens (including phenoxy) is 1. The standard InChI is InChI=1S/C13H18N2O2/c1-15(2)13(16)12(14)10-5-6-11-9(8-10)4-3-7-17-11/h5-6,8,12H,3-4,7,14H2,1-2H3. The molecule has 0 aliphatic carbocycles. The Morgan fingerprint density at radius 1 is 1.47 bits per heavy atom. The van der Waals surface area contributed by atoms with Crippen LogP contribution in [0.2, 0.25) is 0 Å². The molecule has 1 heterocycles. The number of fused-ring (bicyclic) bond motifs is 1. The van der Waals surface area contributed by atoms with Crippen molar-refractivity contribution >= 4 is 5.91 Å². The van der Waals surface area contributed by atoms with Crippen LogP contribution in [0.25, 0.3) is 0 Å². The Kier molecular flexibility index (Phi) is 3.33. The van der Waals surface area contributed by atoms with Gasteiger partial charge >= 0.3 is 0 Å². The molecule has 4 nitrogen and oxygen atoms in total. The topological polar surface area (TPSA) is 55.6 Å². The summed E-state index contributed by atoms with van der Waals surface area (Å²) in [4.78, 5) is 13.3. The van der Waals surface area contributed by atoms with E-state index in [1.54, 1.807) is 14.1 Å². The third-order valence-electron chi connectivity index (χ3n) is 3.00. The summed E-state index contributed by atoms with van der Waals surface area (Å²) >= 11 is 0. The molecular formula is C13H18N2O2. The zero-order chi connectivity index (χ0) is 12.4. The molecule has 2 rings (SSSR count). The quantitative estimate of drug-likeness (QED) is 0.833. The van der Waals surface area contributed by atoms with Gasteiger partial charge in [0.2, 0.25) is 5.91 Å². The third-order valence-corrected chi connectivity index (χ3v) is 3.00. The number of nitrogens with zero attached hydrogens (tertiary/aromatic N) is 1. The van der Waals surface area contributed by atoms with E-state index in [2.05, 4.69) is 0 Å². The Bertz CT molecular complexity index is 429. The van der Waals surface area contributed by atoms with Crippen molar-refractivity contribution in [3.05, 3.63) is 29.3 Å². The first-order valence-corrected chi connectivity index (χ1v) is 5.82. The molecule has 2 N–H and O–H groups in total. The third kappa shape index (κ3) is 2.42. The minimum absolute atomic E-state index is 0.0818. The van der Waals surface area contributed by atoms with Crippen LogP contribution in [0.5, 0.6) is 5.75 Å². The fourth-order valence-electron chi connectivity index (χ4n) is 1.99. The van der Waals surface area contributed by atoms with Gasteiger partial charge in [-0.1, -0.05) is 12.1 Å². The lowest BCUT2D eigenvalue weighted by Gasteiger charge is -2.21. The summed E-state index contributed by atoms with van der Waals surface area (Å²) in [6, 6.07) is 5.18. The van der Waals surface area contributed by atoms with Crippen LogP contribution in [0.3, 0.4) is 0 Å². The summed E-state index contributed by atoms with van der Waals surface area (Å²) in [6.45, 7) is 0.773. The monoisotopic (exact) mass is 234 g/mol. The van der Waals surface area contributed by atoms with E-state index in [-0.39, 0.29) is 5.91 Å². The summed E-state index contributed by atoms with van der Waals surface area (Å²) in [5.74, 6) is 0.839. The molecule has 1 aromatic carbocycles. The van der Waals surface area contributed by atoms with Gasteiger partial charge in [-0.05, 0) is 30.0 Å². The second kappa shape index (κ2) is 4.75. The first-order chi connectivity index (χ1) is 8.09. The van der Waals surface area contributed by atoms with E-state index in [4.69, 9.17) is 10.5 Å². The van der Waals surface area contributed by atoms with Crippen LogP contribution < -0.4 is 10.5 Å². The van der Waals surface area contributed by atoms with Crippen LogP contribution in [0, 0.1) is 0 Å². The van der Waals surface area contributed by atoms with Crippen molar-refractivity contribution in [1.29, 1.82) is 0 Å². The van der Waals surface area contributed by atoms with Gasteiger partial charge in [0.15, 0.2) is 0 Å². The molecule has 1 atom stereocenters. The van der Waals surface area contributed by atoms with E-state index >= 15 is 0 Å². The highest BCUT2D eigenvalue weighted by Gasteiger charge is 2.19. The zero-order valence-corrected chi connectivity index (χ0v) is 10.3. The minimum atomic E-state index is -0.586. The number of benzene rings is 1. The first kappa shape index (κ1) is 11.9. The van der Waals surface area contributed by atoms with Crippen LogP contribution in [-0.4, -0.2) is 31.5 Å². The minimum Gasteiger partial charge on any atom is -0.493 e. The second-order valence-electron chi connectivity index (χ2n) is 4.53. The molecule has 0 fully saturated rings. The van der Waals surface area contributed by atoms with Crippen molar-refractivity contribution in [2.45, 2.75) is 18.9 Å². The van der Waals surface area contributed by atoms with Gasteiger partial charge in [0.25, 0.3) is 0 Å². The fraction of sp³-hybridized carbons (Fsp3) is 0.462. The zero-order valence-electron chi connectivity index (χ0n) is 10.3. The molecular weight excluding hydrogens is 216 g/mol. The van der Waals surface area contributed by atoms with Gasteiger partial charge in [-0.15, -0.1) is 0 Å². The maximum Gasteiger partial charge on any atom is 0.243 e. The SMILES string of the molecule is CN(C)C(=O)C(N)c1ccc2c(c1)CCCO2. The van der Waals surface area contributed by atoms with Crippen molar-refractivity contribution in [1.82, 2.24) is 4.90 Å². The van der Waals surface area contributed by atoms with Gasteiger partial charge in [0, 0.05) is 14.1 Å². The fourth-order valence-corrected chi connectivity index (χ4v) is 1.99. The highest BCUT2D eigenvalue weighted by Crippen LogP contribution is 2.27. The highest BCUT2D eigenvalue weighted by molar-refractivity contribution is 5.82. The molecule has 4 heteroatoms. The molecule has 1 amide bonds.